The first-order valence-corrected chi connectivity index (χ1v) is 6.43. The summed E-state index contributed by atoms with van der Waals surface area (Å²) in [5.41, 5.74) is 1.46. The zero-order valence-corrected chi connectivity index (χ0v) is 11.1. The van der Waals surface area contributed by atoms with Crippen molar-refractivity contribution >= 4 is 27.8 Å². The topological polar surface area (TPSA) is 85.9 Å². The number of carbonyl (C=O) groups is 1. The van der Waals surface area contributed by atoms with Crippen LogP contribution in [0.2, 0.25) is 0 Å². The lowest BCUT2D eigenvalue weighted by Gasteiger charge is -1.97. The fourth-order valence-electron chi connectivity index (χ4n) is 2.01. The second-order valence-electron chi connectivity index (χ2n) is 4.41. The van der Waals surface area contributed by atoms with Gasteiger partial charge in [-0.25, -0.2) is 0 Å². The van der Waals surface area contributed by atoms with Crippen molar-refractivity contribution in [2.45, 2.75) is 19.8 Å². The van der Waals surface area contributed by atoms with E-state index in [4.69, 9.17) is 5.11 Å². The zero-order chi connectivity index (χ0) is 14.5. The lowest BCUT2D eigenvalue weighted by atomic mass is 10.1. The van der Waals surface area contributed by atoms with E-state index in [-0.39, 0.29) is 5.56 Å². The van der Waals surface area contributed by atoms with Crippen LogP contribution in [0.25, 0.3) is 21.8 Å². The molecule has 3 aromatic rings. The second kappa shape index (κ2) is 6.06. The molecule has 2 aromatic heterocycles. The van der Waals surface area contributed by atoms with Gasteiger partial charge in [0.1, 0.15) is 5.52 Å². The van der Waals surface area contributed by atoms with Gasteiger partial charge >= 0.3 is 5.97 Å². The molecule has 3 rings (SSSR count). The minimum absolute atomic E-state index is 0.0660. The Hall–Kier alpha value is -2.56. The number of carboxylic acid groups (broad SMARTS) is 1. The fraction of sp³-hybridized carbons (Fsp3) is 0.200. The van der Waals surface area contributed by atoms with Crippen molar-refractivity contribution in [2.75, 3.05) is 0 Å². The largest absolute Gasteiger partial charge is 0.481 e. The van der Waals surface area contributed by atoms with Gasteiger partial charge in [-0.15, -0.1) is 0 Å². The first-order chi connectivity index (χ1) is 9.63. The highest BCUT2D eigenvalue weighted by atomic mass is 16.4. The van der Waals surface area contributed by atoms with Crippen LogP contribution in [0, 0.1) is 0 Å². The highest BCUT2D eigenvalue weighted by molar-refractivity contribution is 6.03. The number of H-pyrrole nitrogens is 2. The fourth-order valence-corrected chi connectivity index (χ4v) is 2.01. The molecule has 5 nitrogen and oxygen atoms in total. The molecule has 3 N–H and O–H groups in total. The molecule has 5 heteroatoms. The number of fused-ring (bicyclic) bond motifs is 3. The van der Waals surface area contributed by atoms with Crippen LogP contribution in [-0.2, 0) is 4.79 Å². The molecule has 0 radical (unpaired) electrons. The minimum Gasteiger partial charge on any atom is -0.481 e. The minimum atomic E-state index is -0.711. The van der Waals surface area contributed by atoms with Gasteiger partial charge in [-0.05, 0) is 18.6 Å². The molecule has 0 aliphatic carbocycles. The van der Waals surface area contributed by atoms with Crippen molar-refractivity contribution in [1.82, 2.24) is 9.97 Å². The summed E-state index contributed by atoms with van der Waals surface area (Å²) in [5, 5.41) is 9.96. The predicted molar refractivity (Wildman–Crippen MR) is 79.0 cm³/mol. The molecule has 0 unspecified atom stereocenters. The molecule has 1 aromatic carbocycles. The van der Waals surface area contributed by atoms with E-state index in [0.717, 1.165) is 22.7 Å². The number of aromatic nitrogens is 2. The number of hydrogen-bond acceptors (Lipinski definition) is 2. The van der Waals surface area contributed by atoms with Gasteiger partial charge in [-0.1, -0.05) is 25.1 Å². The quantitative estimate of drug-likeness (QED) is 0.670. The van der Waals surface area contributed by atoms with Crippen LogP contribution < -0.4 is 5.56 Å². The normalized spacial score (nSPS) is 10.2. The Bertz CT molecular complexity index is 786. The molecule has 0 saturated carbocycles. The average Bonchev–Trinajstić information content (AvgIpc) is 2.89. The van der Waals surface area contributed by atoms with Gasteiger partial charge in [0.2, 0.25) is 0 Å². The van der Waals surface area contributed by atoms with Gasteiger partial charge in [-0.2, -0.15) is 0 Å². The van der Waals surface area contributed by atoms with Crippen molar-refractivity contribution in [3.63, 3.8) is 0 Å². The third kappa shape index (κ3) is 2.88. The van der Waals surface area contributed by atoms with E-state index in [9.17, 15) is 9.59 Å². The number of aromatic amines is 2. The monoisotopic (exact) mass is 272 g/mol. The highest BCUT2D eigenvalue weighted by Gasteiger charge is 2.03. The summed E-state index contributed by atoms with van der Waals surface area (Å²) in [6.45, 7) is 1.84. The van der Waals surface area contributed by atoms with Gasteiger partial charge < -0.3 is 15.1 Å². The number of rotatable bonds is 2. The lowest BCUT2D eigenvalue weighted by molar-refractivity contribution is -0.137. The van der Waals surface area contributed by atoms with Crippen molar-refractivity contribution in [3.05, 3.63) is 46.9 Å². The number of carboxylic acids is 1. The maximum absolute atomic E-state index is 11.6. The maximum atomic E-state index is 11.6. The van der Waals surface area contributed by atoms with Crippen LogP contribution in [0.1, 0.15) is 19.8 Å². The molecule has 0 amide bonds. The van der Waals surface area contributed by atoms with E-state index in [0.29, 0.717) is 11.9 Å². The number of pyridine rings is 1. The molecule has 0 aliphatic heterocycles. The Labute approximate surface area is 115 Å². The SMILES string of the molecule is CCCC(=O)O.O=c1[nH]c2ccccc2c2cc[nH]c12. The van der Waals surface area contributed by atoms with Crippen LogP contribution in [0.4, 0.5) is 0 Å². The summed E-state index contributed by atoms with van der Waals surface area (Å²) in [5.74, 6) is -0.711. The number of para-hydroxylation sites is 1. The predicted octanol–water partition coefficient (Wildman–Crippen LogP) is 2.88. The summed E-state index contributed by atoms with van der Waals surface area (Å²) in [4.78, 5) is 26.9. The maximum Gasteiger partial charge on any atom is 0.303 e. The molecule has 104 valence electrons. The van der Waals surface area contributed by atoms with Crippen molar-refractivity contribution in [2.24, 2.45) is 0 Å². The van der Waals surface area contributed by atoms with Gasteiger partial charge in [-0.3, -0.25) is 9.59 Å². The summed E-state index contributed by atoms with van der Waals surface area (Å²) in [7, 11) is 0. The van der Waals surface area contributed by atoms with Gasteiger partial charge in [0.25, 0.3) is 5.56 Å². The molecule has 2 heterocycles. The second-order valence-corrected chi connectivity index (χ2v) is 4.41. The van der Waals surface area contributed by atoms with Crippen molar-refractivity contribution in [3.8, 4) is 0 Å². The zero-order valence-electron chi connectivity index (χ0n) is 11.1. The van der Waals surface area contributed by atoms with Crippen molar-refractivity contribution in [1.29, 1.82) is 0 Å². The number of benzene rings is 1. The van der Waals surface area contributed by atoms with Crippen molar-refractivity contribution < 1.29 is 9.90 Å². The van der Waals surface area contributed by atoms with Gasteiger partial charge in [0, 0.05) is 28.9 Å². The molecule has 0 atom stereocenters. The van der Waals surface area contributed by atoms with E-state index in [2.05, 4.69) is 9.97 Å². The lowest BCUT2D eigenvalue weighted by Crippen LogP contribution is -2.05. The van der Waals surface area contributed by atoms with Crippen LogP contribution in [0.15, 0.2) is 41.3 Å². The van der Waals surface area contributed by atoms with E-state index in [1.807, 2.05) is 37.3 Å². The number of aliphatic carboxylic acids is 1. The summed E-state index contributed by atoms with van der Waals surface area (Å²) >= 11 is 0. The molecule has 0 bridgehead atoms. The summed E-state index contributed by atoms with van der Waals surface area (Å²) < 4.78 is 0. The van der Waals surface area contributed by atoms with E-state index < -0.39 is 5.97 Å². The Morgan fingerprint density at radius 3 is 2.60 bits per heavy atom. The molecular formula is C15H16N2O3. The molecule has 20 heavy (non-hydrogen) atoms. The van der Waals surface area contributed by atoms with Crippen LogP contribution in [0.3, 0.4) is 0 Å². The Balaban J connectivity index is 0.000000212. The average molecular weight is 272 g/mol. The molecule has 0 saturated heterocycles. The standard InChI is InChI=1S/C11H8N2O.C4H8O2/c14-11-10-8(5-6-12-10)7-3-1-2-4-9(7)13-11;1-2-3-4(5)6/h1-6,12H,(H,13,14);2-3H2,1H3,(H,5,6). The first kappa shape index (κ1) is 13.9. The Morgan fingerprint density at radius 1 is 1.20 bits per heavy atom. The summed E-state index contributed by atoms with van der Waals surface area (Å²) in [6.07, 6.45) is 2.81. The van der Waals surface area contributed by atoms with E-state index >= 15 is 0 Å². The van der Waals surface area contributed by atoms with Crippen LogP contribution in [0.5, 0.6) is 0 Å². The highest BCUT2D eigenvalue weighted by Crippen LogP contribution is 2.19. The molecule has 0 fully saturated rings. The third-order valence-electron chi connectivity index (χ3n) is 2.90. The first-order valence-electron chi connectivity index (χ1n) is 6.43. The Kier molecular flexibility index (Phi) is 4.20. The van der Waals surface area contributed by atoms with Crippen LogP contribution >= 0.6 is 0 Å². The molecule has 0 aliphatic rings. The molecule has 0 spiro atoms. The van der Waals surface area contributed by atoms with Gasteiger partial charge in [0.15, 0.2) is 0 Å². The van der Waals surface area contributed by atoms with E-state index in [1.165, 1.54) is 0 Å². The summed E-state index contributed by atoms with van der Waals surface area (Å²) in [6, 6.07) is 9.71. The third-order valence-corrected chi connectivity index (χ3v) is 2.90. The molecular weight excluding hydrogens is 256 g/mol. The number of nitrogens with one attached hydrogen (secondary N) is 2. The van der Waals surface area contributed by atoms with Crippen LogP contribution in [-0.4, -0.2) is 21.0 Å². The van der Waals surface area contributed by atoms with Gasteiger partial charge in [0.05, 0.1) is 0 Å². The Morgan fingerprint density at radius 2 is 1.95 bits per heavy atom. The number of hydrogen-bond donors (Lipinski definition) is 3. The smallest absolute Gasteiger partial charge is 0.303 e. The van der Waals surface area contributed by atoms with E-state index in [1.54, 1.807) is 6.20 Å².